The average molecular weight is 262 g/mol. The molecule has 17 heavy (non-hydrogen) atoms. The van der Waals surface area contributed by atoms with Crippen molar-refractivity contribution in [2.24, 2.45) is 4.99 Å². The fourth-order valence-corrected chi connectivity index (χ4v) is 1.36. The molecule has 6 heteroatoms. The Kier molecular flexibility index (Phi) is 7.03. The van der Waals surface area contributed by atoms with Gasteiger partial charge in [-0.1, -0.05) is 0 Å². The summed E-state index contributed by atoms with van der Waals surface area (Å²) in [6.45, 7) is 7.89. The second kappa shape index (κ2) is 7.42. The molecule has 0 aromatic carbocycles. The van der Waals surface area contributed by atoms with E-state index in [2.05, 4.69) is 22.9 Å². The minimum Gasteiger partial charge on any atom is -0.483 e. The van der Waals surface area contributed by atoms with E-state index in [1.807, 2.05) is 6.92 Å². The molecule has 0 radical (unpaired) electrons. The first-order chi connectivity index (χ1) is 7.84. The van der Waals surface area contributed by atoms with Crippen LogP contribution in [0, 0.1) is 0 Å². The lowest BCUT2D eigenvalue weighted by Gasteiger charge is -2.23. The summed E-state index contributed by atoms with van der Waals surface area (Å²) in [4.78, 5) is 15.7. The fourth-order valence-electron chi connectivity index (χ4n) is 1.11. The zero-order valence-electron chi connectivity index (χ0n) is 11.1. The molecule has 0 aliphatic rings. The Morgan fingerprint density at radius 1 is 1.47 bits per heavy atom. The first-order valence-electron chi connectivity index (χ1n) is 5.52. The van der Waals surface area contributed by atoms with E-state index in [4.69, 9.17) is 9.47 Å². The molecule has 0 bridgehead atoms. The summed E-state index contributed by atoms with van der Waals surface area (Å²) in [5.41, 5.74) is -0.527. The third kappa shape index (κ3) is 7.10. The van der Waals surface area contributed by atoms with Gasteiger partial charge < -0.3 is 14.8 Å². The maximum Gasteiger partial charge on any atom is 0.408 e. The minimum atomic E-state index is -0.527. The van der Waals surface area contributed by atoms with Crippen molar-refractivity contribution < 1.29 is 14.3 Å². The van der Waals surface area contributed by atoms with Crippen LogP contribution < -0.4 is 5.32 Å². The van der Waals surface area contributed by atoms with Gasteiger partial charge in [-0.3, -0.25) is 4.99 Å². The largest absolute Gasteiger partial charge is 0.483 e. The van der Waals surface area contributed by atoms with E-state index in [0.29, 0.717) is 18.2 Å². The number of alkyl carbamates (subject to hydrolysis) is 1. The lowest BCUT2D eigenvalue weighted by atomic mass is 10.2. The van der Waals surface area contributed by atoms with Gasteiger partial charge in [0, 0.05) is 12.3 Å². The van der Waals surface area contributed by atoms with E-state index in [0.717, 1.165) is 0 Å². The van der Waals surface area contributed by atoms with E-state index in [9.17, 15) is 4.79 Å². The number of carbonyl (C=O) groups excluding carboxylic acids is 1. The van der Waals surface area contributed by atoms with Gasteiger partial charge in [-0.05, 0) is 27.7 Å². The highest BCUT2D eigenvalue weighted by atomic mass is 32.1. The third-order valence-electron chi connectivity index (χ3n) is 1.69. The highest BCUT2D eigenvalue weighted by Crippen LogP contribution is 2.07. The fraction of sp³-hybridized carbons (Fsp3) is 0.818. The van der Waals surface area contributed by atoms with E-state index in [1.165, 1.54) is 7.11 Å². The minimum absolute atomic E-state index is 0.377. The Labute approximate surface area is 108 Å². The Balaban J connectivity index is 4.49. The van der Waals surface area contributed by atoms with Gasteiger partial charge in [0.2, 0.25) is 5.90 Å². The van der Waals surface area contributed by atoms with Crippen molar-refractivity contribution in [1.29, 1.82) is 0 Å². The van der Waals surface area contributed by atoms with Crippen LogP contribution in [0.3, 0.4) is 0 Å². The van der Waals surface area contributed by atoms with Crippen LogP contribution in [0.2, 0.25) is 0 Å². The highest BCUT2D eigenvalue weighted by Gasteiger charge is 2.22. The molecule has 0 aliphatic heterocycles. The lowest BCUT2D eigenvalue weighted by Crippen LogP contribution is -2.45. The number of rotatable bonds is 4. The topological polar surface area (TPSA) is 59.9 Å². The summed E-state index contributed by atoms with van der Waals surface area (Å²) in [6.07, 6.45) is -0.502. The SMILES string of the molecule is CCN=C(OC)[C@H](CS)NC(=O)OC(C)(C)C. The van der Waals surface area contributed by atoms with Gasteiger partial charge in [-0.2, -0.15) is 12.6 Å². The molecule has 0 aliphatic carbocycles. The molecule has 0 saturated heterocycles. The van der Waals surface area contributed by atoms with Crippen LogP contribution in [0.4, 0.5) is 4.79 Å². The quantitative estimate of drug-likeness (QED) is 0.462. The Morgan fingerprint density at radius 2 is 2.06 bits per heavy atom. The van der Waals surface area contributed by atoms with Crippen LogP contribution in [0.5, 0.6) is 0 Å². The summed E-state index contributed by atoms with van der Waals surface area (Å²) in [5, 5.41) is 2.67. The summed E-state index contributed by atoms with van der Waals surface area (Å²) >= 11 is 4.16. The van der Waals surface area contributed by atoms with Crippen LogP contribution in [-0.4, -0.2) is 43.0 Å². The number of nitrogens with one attached hydrogen (secondary N) is 1. The van der Waals surface area contributed by atoms with Gasteiger partial charge in [0.15, 0.2) is 0 Å². The number of hydrogen-bond acceptors (Lipinski definition) is 5. The zero-order valence-corrected chi connectivity index (χ0v) is 12.0. The van der Waals surface area contributed by atoms with Gasteiger partial charge in [0.25, 0.3) is 0 Å². The molecule has 0 fully saturated rings. The first-order valence-corrected chi connectivity index (χ1v) is 6.16. The number of ether oxygens (including phenoxy) is 2. The molecule has 0 rings (SSSR count). The second-order valence-electron chi connectivity index (χ2n) is 4.40. The molecular weight excluding hydrogens is 240 g/mol. The van der Waals surface area contributed by atoms with Gasteiger partial charge in [0.05, 0.1) is 7.11 Å². The molecule has 5 nitrogen and oxygen atoms in total. The standard InChI is InChI=1S/C11H22N2O3S/c1-6-12-9(15-5)8(7-17)13-10(14)16-11(2,3)4/h8,17H,6-7H2,1-5H3,(H,13,14)/t8-/m0/s1. The Morgan fingerprint density at radius 3 is 2.41 bits per heavy atom. The van der Waals surface area contributed by atoms with Crippen molar-refractivity contribution in [3.8, 4) is 0 Å². The molecule has 1 amide bonds. The molecule has 1 atom stereocenters. The van der Waals surface area contributed by atoms with Gasteiger partial charge >= 0.3 is 6.09 Å². The maximum absolute atomic E-state index is 11.6. The van der Waals surface area contributed by atoms with Crippen LogP contribution in [-0.2, 0) is 9.47 Å². The Hall–Kier alpha value is -0.910. The molecule has 0 unspecified atom stereocenters. The van der Waals surface area contributed by atoms with Crippen LogP contribution in [0.25, 0.3) is 0 Å². The number of hydrogen-bond donors (Lipinski definition) is 2. The normalized spacial score (nSPS) is 14.1. The molecule has 0 aromatic rings. The Bertz CT molecular complexity index is 274. The molecule has 100 valence electrons. The number of nitrogens with zero attached hydrogens (tertiary/aromatic N) is 1. The molecular formula is C11H22N2O3S. The third-order valence-corrected chi connectivity index (χ3v) is 2.06. The van der Waals surface area contributed by atoms with Gasteiger partial charge in [-0.15, -0.1) is 0 Å². The van der Waals surface area contributed by atoms with E-state index in [1.54, 1.807) is 20.8 Å². The monoisotopic (exact) mass is 262 g/mol. The number of thiol groups is 1. The van der Waals surface area contributed by atoms with Crippen LogP contribution >= 0.6 is 12.6 Å². The van der Waals surface area contributed by atoms with Crippen molar-refractivity contribution in [3.63, 3.8) is 0 Å². The zero-order chi connectivity index (χ0) is 13.5. The molecule has 0 saturated carbocycles. The van der Waals surface area contributed by atoms with E-state index < -0.39 is 11.7 Å². The average Bonchev–Trinajstić information content (AvgIpc) is 2.20. The number of aliphatic imine (C=N–C) groups is 1. The number of amides is 1. The second-order valence-corrected chi connectivity index (χ2v) is 4.76. The highest BCUT2D eigenvalue weighted by molar-refractivity contribution is 7.80. The molecule has 1 N–H and O–H groups in total. The van der Waals surface area contributed by atoms with Gasteiger partial charge in [-0.25, -0.2) is 4.79 Å². The smallest absolute Gasteiger partial charge is 0.408 e. The molecule has 0 spiro atoms. The predicted octanol–water partition coefficient (Wildman–Crippen LogP) is 1.87. The van der Waals surface area contributed by atoms with Crippen molar-refractivity contribution in [2.45, 2.75) is 39.3 Å². The van der Waals surface area contributed by atoms with Crippen LogP contribution in [0.1, 0.15) is 27.7 Å². The van der Waals surface area contributed by atoms with Crippen molar-refractivity contribution >= 4 is 24.6 Å². The van der Waals surface area contributed by atoms with E-state index >= 15 is 0 Å². The predicted molar refractivity (Wildman–Crippen MR) is 72.0 cm³/mol. The van der Waals surface area contributed by atoms with E-state index in [-0.39, 0.29) is 6.04 Å². The van der Waals surface area contributed by atoms with Gasteiger partial charge in [0.1, 0.15) is 11.6 Å². The lowest BCUT2D eigenvalue weighted by molar-refractivity contribution is 0.0518. The summed E-state index contributed by atoms with van der Waals surface area (Å²) in [5.74, 6) is 0.847. The first kappa shape index (κ1) is 16.1. The summed E-state index contributed by atoms with van der Waals surface area (Å²) in [6, 6.07) is -0.377. The molecule has 0 heterocycles. The van der Waals surface area contributed by atoms with Crippen molar-refractivity contribution in [2.75, 3.05) is 19.4 Å². The summed E-state index contributed by atoms with van der Waals surface area (Å²) in [7, 11) is 1.52. The number of carbonyl (C=O) groups is 1. The van der Waals surface area contributed by atoms with Crippen molar-refractivity contribution in [3.05, 3.63) is 0 Å². The number of methoxy groups -OCH3 is 1. The summed E-state index contributed by atoms with van der Waals surface area (Å²) < 4.78 is 10.3. The van der Waals surface area contributed by atoms with Crippen molar-refractivity contribution in [1.82, 2.24) is 5.32 Å². The van der Waals surface area contributed by atoms with Crippen LogP contribution in [0.15, 0.2) is 4.99 Å². The maximum atomic E-state index is 11.6. The molecule has 0 aromatic heterocycles.